The minimum Gasteiger partial charge on any atom is -1.00 e. The van der Waals surface area contributed by atoms with E-state index in [1.54, 1.807) is 0 Å². The van der Waals surface area contributed by atoms with E-state index in [0.717, 1.165) is 0 Å². The van der Waals surface area contributed by atoms with Gasteiger partial charge in [0.05, 0.1) is 0 Å². The maximum Gasteiger partial charge on any atom is 1.00 e. The van der Waals surface area contributed by atoms with Crippen LogP contribution in [0.3, 0.4) is 0 Å². The first-order valence-electron chi connectivity index (χ1n) is 3.28. The first-order chi connectivity index (χ1) is 5.86. The van der Waals surface area contributed by atoms with Crippen LogP contribution in [-0.4, -0.2) is 40.3 Å². The number of esters is 1. The van der Waals surface area contributed by atoms with Gasteiger partial charge in [-0.2, -0.15) is 0 Å². The van der Waals surface area contributed by atoms with Crippen molar-refractivity contribution in [1.29, 1.82) is 0 Å². The Morgan fingerprint density at radius 2 is 1.53 bits per heavy atom. The van der Waals surface area contributed by atoms with E-state index in [1.807, 2.05) is 0 Å². The Bertz CT molecular complexity index is 239. The number of nitrogens with two attached hydrogens (primary N) is 1. The zero-order valence-corrected chi connectivity index (χ0v) is 12.8. The van der Waals surface area contributed by atoms with Gasteiger partial charge >= 0.3 is 77.0 Å². The second kappa shape index (κ2) is 9.59. The van der Waals surface area contributed by atoms with Crippen LogP contribution in [0.1, 0.15) is 9.78 Å². The van der Waals surface area contributed by atoms with E-state index in [1.165, 1.54) is 6.92 Å². The quantitative estimate of drug-likeness (QED) is 0.252. The summed E-state index contributed by atoms with van der Waals surface area (Å²) in [5, 5.41) is 16.6. The molecule has 0 radical (unpaired) electrons. The van der Waals surface area contributed by atoms with E-state index in [0.29, 0.717) is 0 Å². The van der Waals surface area contributed by atoms with Gasteiger partial charge in [0.2, 0.25) is 0 Å². The average Bonchev–Trinajstić information content (AvgIpc) is 1.97. The van der Waals surface area contributed by atoms with Crippen molar-refractivity contribution < 1.29 is 91.3 Å². The fourth-order valence-corrected chi connectivity index (χ4v) is 0.430. The van der Waals surface area contributed by atoms with Crippen molar-refractivity contribution in [1.82, 2.24) is 0 Å². The zero-order chi connectivity index (χ0) is 10.6. The molecule has 0 heterocycles. The minimum atomic E-state index is -2.20. The zero-order valence-electron chi connectivity index (χ0n) is 10.8. The summed E-state index contributed by atoms with van der Waals surface area (Å²) in [5.41, 5.74) is 5.02. The molecule has 0 rings (SSSR count). The molecule has 9 heteroatoms. The number of hydrogen-bond donors (Lipinski definition) is 3. The molecule has 0 fully saturated rings. The van der Waals surface area contributed by atoms with Gasteiger partial charge in [-0.1, -0.05) is 0 Å². The molecule has 0 unspecified atom stereocenters. The molecule has 0 aliphatic heterocycles. The summed E-state index contributed by atoms with van der Waals surface area (Å²) >= 11 is 0. The van der Waals surface area contributed by atoms with Crippen molar-refractivity contribution in [3.63, 3.8) is 0 Å². The molecular weight excluding hydrogens is 228 g/mol. The summed E-state index contributed by atoms with van der Waals surface area (Å²) in [7, 11) is 0. The normalized spacial score (nSPS) is 10.6. The van der Waals surface area contributed by atoms with Gasteiger partial charge < -0.3 is 23.5 Å². The Labute approximate surface area is 133 Å². The summed E-state index contributed by atoms with van der Waals surface area (Å²) in [4.78, 5) is 31.1. The van der Waals surface area contributed by atoms with Crippen molar-refractivity contribution in [2.75, 3.05) is 0 Å². The van der Waals surface area contributed by atoms with E-state index < -0.39 is 30.1 Å². The van der Waals surface area contributed by atoms with Gasteiger partial charge in [0.15, 0.2) is 0 Å². The number of carbonyl (C=O) groups is 3. The number of hydrogen-bond acceptors (Lipinski definition) is 5. The first-order valence-corrected chi connectivity index (χ1v) is 3.28. The molecular formula is C6H11NNa2O6. The second-order valence-electron chi connectivity index (χ2n) is 2.28. The summed E-state index contributed by atoms with van der Waals surface area (Å²) in [6.07, 6.45) is -2.20. The molecule has 4 N–H and O–H groups in total. The molecule has 15 heavy (non-hydrogen) atoms. The van der Waals surface area contributed by atoms with Crippen molar-refractivity contribution in [3.8, 4) is 0 Å². The number of carboxylic acids is 2. The number of carbonyl (C=O) groups excluding carboxylic acids is 1. The van der Waals surface area contributed by atoms with Crippen LogP contribution < -0.4 is 64.8 Å². The van der Waals surface area contributed by atoms with Gasteiger partial charge in [-0.25, -0.2) is 9.59 Å². The van der Waals surface area contributed by atoms with Gasteiger partial charge in [-0.15, -0.1) is 0 Å². The minimum absolute atomic E-state index is 0. The molecule has 0 bridgehead atoms. The second-order valence-corrected chi connectivity index (χ2v) is 2.28. The monoisotopic (exact) mass is 239 g/mol. The molecule has 0 aromatic heterocycles. The van der Waals surface area contributed by atoms with Gasteiger partial charge in [0.25, 0.3) is 6.10 Å². The third-order valence-corrected chi connectivity index (χ3v) is 1.05. The van der Waals surface area contributed by atoms with Crippen LogP contribution in [0.25, 0.3) is 0 Å². The van der Waals surface area contributed by atoms with Crippen molar-refractivity contribution >= 4 is 17.9 Å². The summed E-state index contributed by atoms with van der Waals surface area (Å²) in [5.74, 6) is -4.57. The van der Waals surface area contributed by atoms with Gasteiger partial charge in [0, 0.05) is 0 Å². The maximum absolute atomic E-state index is 10.7. The SMILES string of the molecule is C[C@H](N)C(=O)OC(C(=O)O)C(=O)O.[H-].[H-].[Na+].[Na+]. The van der Waals surface area contributed by atoms with E-state index in [-0.39, 0.29) is 62.0 Å². The molecule has 0 saturated carbocycles. The molecule has 78 valence electrons. The fraction of sp³-hybridized carbons (Fsp3) is 0.500. The van der Waals surface area contributed by atoms with Crippen LogP contribution in [0, 0.1) is 0 Å². The number of ether oxygens (including phenoxy) is 1. The standard InChI is InChI=1S/C6H9NO6.2Na.2H/c1-2(7)6(12)13-3(4(8)9)5(10)11;;;;/h2-3H,7H2,1H3,(H,8,9)(H,10,11);;;;/q;2*+1;2*-1/t2-;;;;/m0..../s1. The molecule has 0 aliphatic carbocycles. The van der Waals surface area contributed by atoms with E-state index in [9.17, 15) is 14.4 Å². The largest absolute Gasteiger partial charge is 1.00 e. The first kappa shape index (κ1) is 20.7. The Morgan fingerprint density at radius 3 is 1.73 bits per heavy atom. The predicted octanol–water partition coefficient (Wildman–Crippen LogP) is -7.35. The van der Waals surface area contributed by atoms with Crippen LogP contribution in [0.2, 0.25) is 0 Å². The van der Waals surface area contributed by atoms with Crippen molar-refractivity contribution in [3.05, 3.63) is 0 Å². The van der Waals surface area contributed by atoms with Crippen LogP contribution in [-0.2, 0) is 19.1 Å². The topological polar surface area (TPSA) is 127 Å². The van der Waals surface area contributed by atoms with Gasteiger partial charge in [0.1, 0.15) is 6.04 Å². The van der Waals surface area contributed by atoms with Crippen LogP contribution in [0.4, 0.5) is 0 Å². The van der Waals surface area contributed by atoms with E-state index >= 15 is 0 Å². The number of rotatable bonds is 4. The number of aliphatic carboxylic acids is 2. The maximum atomic E-state index is 10.7. The Hall–Kier alpha value is 0.370. The summed E-state index contributed by atoms with van der Waals surface area (Å²) in [6.45, 7) is 1.25. The van der Waals surface area contributed by atoms with Crippen molar-refractivity contribution in [2.45, 2.75) is 19.1 Å². The summed E-state index contributed by atoms with van der Waals surface area (Å²) < 4.78 is 4.07. The van der Waals surface area contributed by atoms with Crippen LogP contribution in [0.5, 0.6) is 0 Å². The Kier molecular flexibility index (Phi) is 13.3. The Balaban J connectivity index is -0.000000120. The third kappa shape index (κ3) is 8.21. The molecule has 0 amide bonds. The fourth-order valence-electron chi connectivity index (χ4n) is 0.430. The predicted molar refractivity (Wildman–Crippen MR) is 41.0 cm³/mol. The Morgan fingerprint density at radius 1 is 1.20 bits per heavy atom. The molecule has 0 aromatic rings. The van der Waals surface area contributed by atoms with Gasteiger partial charge in [-0.05, 0) is 6.92 Å². The van der Waals surface area contributed by atoms with Gasteiger partial charge in [-0.3, -0.25) is 4.79 Å². The molecule has 0 aromatic carbocycles. The third-order valence-electron chi connectivity index (χ3n) is 1.05. The molecule has 0 aliphatic rings. The van der Waals surface area contributed by atoms with Crippen LogP contribution in [0.15, 0.2) is 0 Å². The van der Waals surface area contributed by atoms with E-state index in [4.69, 9.17) is 15.9 Å². The molecule has 1 atom stereocenters. The summed E-state index contributed by atoms with van der Waals surface area (Å²) in [6, 6.07) is -1.05. The molecule has 7 nitrogen and oxygen atoms in total. The van der Waals surface area contributed by atoms with Crippen molar-refractivity contribution in [2.24, 2.45) is 5.73 Å². The smallest absolute Gasteiger partial charge is 1.00 e. The van der Waals surface area contributed by atoms with Crippen LogP contribution >= 0.6 is 0 Å². The number of carboxylic acid groups (broad SMARTS) is 2. The average molecular weight is 239 g/mol. The molecule has 0 saturated heterocycles. The van der Waals surface area contributed by atoms with E-state index in [2.05, 4.69) is 4.74 Å². The molecule has 0 spiro atoms.